The van der Waals surface area contributed by atoms with Gasteiger partial charge in [-0.3, -0.25) is 9.59 Å². The molecule has 1 saturated heterocycles. The summed E-state index contributed by atoms with van der Waals surface area (Å²) in [4.78, 5) is 25.8. The van der Waals surface area contributed by atoms with E-state index >= 15 is 0 Å². The van der Waals surface area contributed by atoms with Gasteiger partial charge in [-0.15, -0.1) is 0 Å². The second-order valence-corrected chi connectivity index (χ2v) is 11.3. The lowest BCUT2D eigenvalue weighted by Crippen LogP contribution is -2.52. The molecule has 0 spiro atoms. The number of ether oxygens (including phenoxy) is 1. The van der Waals surface area contributed by atoms with Gasteiger partial charge in [0, 0.05) is 25.6 Å². The van der Waals surface area contributed by atoms with Crippen LogP contribution in [0.15, 0.2) is 35.2 Å². The molecule has 1 heterocycles. The minimum atomic E-state index is -3.52. The molecule has 2 aliphatic rings. The van der Waals surface area contributed by atoms with Crippen LogP contribution in [-0.2, 0) is 24.3 Å². The third-order valence-electron chi connectivity index (χ3n) is 6.61. The van der Waals surface area contributed by atoms with E-state index in [1.54, 1.807) is 30.3 Å². The van der Waals surface area contributed by atoms with Gasteiger partial charge in [-0.2, -0.15) is 0 Å². The fraction of sp³-hybridized carbons (Fsp3) is 0.667. The molecular formula is C24H37N3O5S. The number of sulfonamides is 1. The fourth-order valence-electron chi connectivity index (χ4n) is 4.48. The van der Waals surface area contributed by atoms with Crippen LogP contribution in [0.4, 0.5) is 0 Å². The van der Waals surface area contributed by atoms with E-state index < -0.39 is 16.1 Å². The van der Waals surface area contributed by atoms with Gasteiger partial charge in [0.05, 0.1) is 11.0 Å². The van der Waals surface area contributed by atoms with E-state index in [4.69, 9.17) is 4.74 Å². The zero-order valence-corrected chi connectivity index (χ0v) is 20.4. The summed E-state index contributed by atoms with van der Waals surface area (Å²) in [5.74, 6) is -0.244. The Kier molecular flexibility index (Phi) is 9.28. The largest absolute Gasteiger partial charge is 0.376 e. The molecule has 2 amide bonds. The van der Waals surface area contributed by atoms with Gasteiger partial charge >= 0.3 is 0 Å². The van der Waals surface area contributed by atoms with E-state index in [1.807, 2.05) is 13.8 Å². The van der Waals surface area contributed by atoms with Crippen molar-refractivity contribution in [2.45, 2.75) is 69.4 Å². The second kappa shape index (κ2) is 11.9. The minimum Gasteiger partial charge on any atom is -0.376 e. The van der Waals surface area contributed by atoms with Crippen LogP contribution in [-0.4, -0.2) is 52.1 Å². The zero-order valence-electron chi connectivity index (χ0n) is 19.6. The maximum atomic E-state index is 12.9. The standard InChI is InChI=1S/C24H37N3O5S/c1-17(2)22(24(29)25-16-20-7-6-14-32-20)27-23(28)19-12-10-18(11-13-19)15-26-33(30,31)21-8-4-3-5-9-21/h3-5,8-9,17-20,22,26H,6-7,10-16H2,1-2H3,(H,25,29)(H,27,28). The maximum absolute atomic E-state index is 12.9. The summed E-state index contributed by atoms with van der Waals surface area (Å²) >= 11 is 0. The SMILES string of the molecule is CC(C)C(NC(=O)C1CCC(CNS(=O)(=O)c2ccccc2)CC1)C(=O)NCC1CCCO1. The number of hydrogen-bond acceptors (Lipinski definition) is 5. The Bertz CT molecular complexity index is 877. The Morgan fingerprint density at radius 1 is 1.03 bits per heavy atom. The molecule has 2 unspecified atom stereocenters. The molecule has 1 aliphatic heterocycles. The first-order valence-electron chi connectivity index (χ1n) is 12.0. The summed E-state index contributed by atoms with van der Waals surface area (Å²) in [5.41, 5.74) is 0. The summed E-state index contributed by atoms with van der Waals surface area (Å²) in [6.07, 6.45) is 4.94. The molecule has 33 heavy (non-hydrogen) atoms. The van der Waals surface area contributed by atoms with Crippen LogP contribution in [0.3, 0.4) is 0 Å². The van der Waals surface area contributed by atoms with Crippen molar-refractivity contribution in [3.63, 3.8) is 0 Å². The van der Waals surface area contributed by atoms with Crippen molar-refractivity contribution < 1.29 is 22.7 Å². The van der Waals surface area contributed by atoms with E-state index in [0.717, 1.165) is 32.3 Å². The second-order valence-electron chi connectivity index (χ2n) is 9.49. The van der Waals surface area contributed by atoms with E-state index in [-0.39, 0.29) is 40.6 Å². The van der Waals surface area contributed by atoms with Crippen LogP contribution in [0, 0.1) is 17.8 Å². The lowest BCUT2D eigenvalue weighted by molar-refractivity contribution is -0.133. The normalized spacial score (nSPS) is 24.4. The van der Waals surface area contributed by atoms with E-state index in [9.17, 15) is 18.0 Å². The summed E-state index contributed by atoms with van der Waals surface area (Å²) in [5, 5.41) is 5.87. The quantitative estimate of drug-likeness (QED) is 0.476. The molecule has 9 heteroatoms. The van der Waals surface area contributed by atoms with E-state index in [2.05, 4.69) is 15.4 Å². The molecule has 0 bridgehead atoms. The highest BCUT2D eigenvalue weighted by molar-refractivity contribution is 7.89. The van der Waals surface area contributed by atoms with Crippen LogP contribution in [0.5, 0.6) is 0 Å². The van der Waals surface area contributed by atoms with Gasteiger partial charge in [0.1, 0.15) is 6.04 Å². The van der Waals surface area contributed by atoms with Crippen LogP contribution >= 0.6 is 0 Å². The Labute approximate surface area is 197 Å². The number of amides is 2. The first-order chi connectivity index (χ1) is 15.8. The number of carbonyl (C=O) groups is 2. The summed E-state index contributed by atoms with van der Waals surface area (Å²) in [6, 6.07) is 7.76. The Balaban J connectivity index is 1.43. The van der Waals surface area contributed by atoms with Crippen molar-refractivity contribution in [3.8, 4) is 0 Å². The van der Waals surface area contributed by atoms with E-state index in [0.29, 0.717) is 25.9 Å². The molecule has 0 aromatic heterocycles. The van der Waals surface area contributed by atoms with Crippen molar-refractivity contribution in [2.24, 2.45) is 17.8 Å². The minimum absolute atomic E-state index is 0.0258. The van der Waals surface area contributed by atoms with Gasteiger partial charge in [0.25, 0.3) is 0 Å². The average molecular weight is 480 g/mol. The molecule has 1 aliphatic carbocycles. The van der Waals surface area contributed by atoms with Crippen LogP contribution < -0.4 is 15.4 Å². The summed E-state index contributed by atoms with van der Waals surface area (Å²) in [7, 11) is -3.52. The zero-order chi connectivity index (χ0) is 23.8. The average Bonchev–Trinajstić information content (AvgIpc) is 3.34. The predicted molar refractivity (Wildman–Crippen MR) is 126 cm³/mol. The number of hydrogen-bond donors (Lipinski definition) is 3. The van der Waals surface area contributed by atoms with Crippen molar-refractivity contribution in [1.82, 2.24) is 15.4 Å². The molecule has 8 nitrogen and oxygen atoms in total. The highest BCUT2D eigenvalue weighted by atomic mass is 32.2. The molecule has 1 aromatic rings. The molecule has 3 rings (SSSR count). The van der Waals surface area contributed by atoms with Gasteiger partial charge in [-0.25, -0.2) is 13.1 Å². The Hall–Kier alpha value is -1.97. The van der Waals surface area contributed by atoms with Crippen molar-refractivity contribution in [3.05, 3.63) is 30.3 Å². The molecule has 184 valence electrons. The summed E-state index contributed by atoms with van der Waals surface area (Å²) < 4.78 is 33.1. The lowest BCUT2D eigenvalue weighted by Gasteiger charge is -2.30. The molecule has 0 radical (unpaired) electrons. The van der Waals surface area contributed by atoms with Crippen LogP contribution in [0.1, 0.15) is 52.4 Å². The molecule has 2 fully saturated rings. The number of carbonyl (C=O) groups excluding carboxylic acids is 2. The van der Waals surface area contributed by atoms with Gasteiger partial charge in [-0.1, -0.05) is 32.0 Å². The van der Waals surface area contributed by atoms with Gasteiger partial charge in [-0.05, 0) is 62.5 Å². The highest BCUT2D eigenvalue weighted by Crippen LogP contribution is 2.29. The predicted octanol–water partition coefficient (Wildman–Crippen LogP) is 2.21. The van der Waals surface area contributed by atoms with Gasteiger partial charge in [0.15, 0.2) is 0 Å². The third kappa shape index (κ3) is 7.52. The first-order valence-corrected chi connectivity index (χ1v) is 13.5. The topological polar surface area (TPSA) is 114 Å². The molecular weight excluding hydrogens is 442 g/mol. The Morgan fingerprint density at radius 3 is 2.33 bits per heavy atom. The molecule has 2 atom stereocenters. The van der Waals surface area contributed by atoms with Crippen molar-refractivity contribution in [1.29, 1.82) is 0 Å². The monoisotopic (exact) mass is 479 g/mol. The van der Waals surface area contributed by atoms with E-state index in [1.165, 1.54) is 0 Å². The van der Waals surface area contributed by atoms with Crippen LogP contribution in [0.2, 0.25) is 0 Å². The molecule has 1 saturated carbocycles. The lowest BCUT2D eigenvalue weighted by atomic mass is 9.81. The third-order valence-corrected chi connectivity index (χ3v) is 8.05. The maximum Gasteiger partial charge on any atom is 0.242 e. The Morgan fingerprint density at radius 2 is 1.73 bits per heavy atom. The first kappa shape index (κ1) is 25.6. The van der Waals surface area contributed by atoms with Crippen molar-refractivity contribution in [2.75, 3.05) is 19.7 Å². The molecule has 1 aromatic carbocycles. The highest BCUT2D eigenvalue weighted by Gasteiger charge is 2.31. The van der Waals surface area contributed by atoms with Gasteiger partial charge < -0.3 is 15.4 Å². The number of nitrogens with one attached hydrogen (secondary N) is 3. The number of rotatable bonds is 10. The summed E-state index contributed by atoms with van der Waals surface area (Å²) in [6.45, 7) is 5.42. The number of benzene rings is 1. The smallest absolute Gasteiger partial charge is 0.242 e. The van der Waals surface area contributed by atoms with Crippen LogP contribution in [0.25, 0.3) is 0 Å². The molecule has 3 N–H and O–H groups in total. The van der Waals surface area contributed by atoms with Crippen molar-refractivity contribution >= 4 is 21.8 Å². The fourth-order valence-corrected chi connectivity index (χ4v) is 5.61. The van der Waals surface area contributed by atoms with Gasteiger partial charge in [0.2, 0.25) is 21.8 Å².